The number of anilines is 1. The zero-order valence-electron chi connectivity index (χ0n) is 23.9. The number of carbonyl (C=O) groups is 1. The molecule has 4 heterocycles. The van der Waals surface area contributed by atoms with Crippen LogP contribution in [-0.4, -0.2) is 63.7 Å². The minimum atomic E-state index is -4.45. The van der Waals surface area contributed by atoms with Crippen molar-refractivity contribution in [3.05, 3.63) is 41.9 Å². The Kier molecular flexibility index (Phi) is 7.65. The summed E-state index contributed by atoms with van der Waals surface area (Å²) in [5.41, 5.74) is -2.20. The van der Waals surface area contributed by atoms with Gasteiger partial charge in [0.05, 0.1) is 16.7 Å². The number of hydrogen-bond donors (Lipinski definition) is 1. The maximum absolute atomic E-state index is 13.4. The van der Waals surface area contributed by atoms with Crippen molar-refractivity contribution in [1.82, 2.24) is 29.3 Å². The molecule has 0 saturated carbocycles. The summed E-state index contributed by atoms with van der Waals surface area (Å²) in [7, 11) is -2.65. The number of aromatic nitrogens is 5. The fourth-order valence-electron chi connectivity index (χ4n) is 4.83. The Balaban J connectivity index is 1.68. The molecule has 11 nitrogen and oxygen atoms in total. The molecular formula is C26H34F3N7O4S. The molecule has 224 valence electrons. The number of ether oxygens (including phenoxy) is 1. The number of carbonyl (C=O) groups excluding carboxylic acids is 1. The molecule has 0 aromatic carbocycles. The maximum Gasteiger partial charge on any atom is 0.397 e. The van der Waals surface area contributed by atoms with E-state index in [2.05, 4.69) is 26.8 Å². The highest BCUT2D eigenvalue weighted by molar-refractivity contribution is 7.90. The standard InChI is InChI=1S/C26H34F3N7O4S/c1-16-12-25(5,6)35(13-16)22-18(23(37)33-41(38,39)19-14-34(7)31-17(19)2)8-9-20(30-22)36-11-10-21(32-36)40-15-24(3,4)26(27,28)29/h8-11,14,16H,12-13,15H2,1-7H3,(H,33,37)/t16-/m1/s1. The average Bonchev–Trinajstić information content (AvgIpc) is 3.52. The summed E-state index contributed by atoms with van der Waals surface area (Å²) in [6, 6.07) is 4.34. The number of sulfonamides is 1. The summed E-state index contributed by atoms with van der Waals surface area (Å²) in [6.07, 6.45) is -0.853. The molecule has 4 rings (SSSR count). The number of alkyl halides is 3. The van der Waals surface area contributed by atoms with Crippen molar-refractivity contribution in [3.8, 4) is 11.7 Å². The van der Waals surface area contributed by atoms with Crippen molar-refractivity contribution in [1.29, 1.82) is 0 Å². The monoisotopic (exact) mass is 597 g/mol. The largest absolute Gasteiger partial charge is 0.476 e. The smallest absolute Gasteiger partial charge is 0.397 e. The second kappa shape index (κ2) is 10.3. The Hall–Kier alpha value is -3.62. The Labute approximate surface area is 236 Å². The topological polar surface area (TPSA) is 124 Å². The minimum absolute atomic E-state index is 0.0273. The summed E-state index contributed by atoms with van der Waals surface area (Å²) in [6.45, 7) is 9.62. The van der Waals surface area contributed by atoms with Crippen molar-refractivity contribution >= 4 is 21.7 Å². The Morgan fingerprint density at radius 3 is 2.44 bits per heavy atom. The molecule has 15 heteroatoms. The molecule has 1 fully saturated rings. The lowest BCUT2D eigenvalue weighted by Crippen LogP contribution is -2.41. The lowest BCUT2D eigenvalue weighted by molar-refractivity contribution is -0.219. The Morgan fingerprint density at radius 2 is 1.88 bits per heavy atom. The summed E-state index contributed by atoms with van der Waals surface area (Å²) < 4.78 is 75.8. The highest BCUT2D eigenvalue weighted by Crippen LogP contribution is 2.39. The van der Waals surface area contributed by atoms with E-state index < -0.39 is 39.7 Å². The highest BCUT2D eigenvalue weighted by Gasteiger charge is 2.48. The van der Waals surface area contributed by atoms with E-state index in [-0.39, 0.29) is 39.6 Å². The molecule has 41 heavy (non-hydrogen) atoms. The quantitative estimate of drug-likeness (QED) is 0.413. The van der Waals surface area contributed by atoms with Crippen LogP contribution in [0.3, 0.4) is 0 Å². The van der Waals surface area contributed by atoms with Gasteiger partial charge in [-0.2, -0.15) is 18.3 Å². The molecule has 3 aromatic rings. The number of halogens is 3. The molecule has 0 unspecified atom stereocenters. The average molecular weight is 598 g/mol. The summed E-state index contributed by atoms with van der Waals surface area (Å²) in [5.74, 6) is -0.0988. The van der Waals surface area contributed by atoms with Crippen LogP contribution in [0.5, 0.6) is 5.88 Å². The first kappa shape index (κ1) is 30.3. The number of pyridine rings is 1. The van der Waals surface area contributed by atoms with Gasteiger partial charge in [-0.15, -0.1) is 5.10 Å². The van der Waals surface area contributed by atoms with Gasteiger partial charge in [0, 0.05) is 37.6 Å². The molecule has 0 spiro atoms. The number of rotatable bonds is 8. The van der Waals surface area contributed by atoms with E-state index in [0.29, 0.717) is 6.54 Å². The molecule has 1 N–H and O–H groups in total. The summed E-state index contributed by atoms with van der Waals surface area (Å²) in [4.78, 5) is 19.9. The normalized spacial score (nSPS) is 17.6. The van der Waals surface area contributed by atoms with E-state index in [9.17, 15) is 26.4 Å². The Bertz CT molecular complexity index is 1560. The molecule has 0 aliphatic carbocycles. The van der Waals surface area contributed by atoms with Crippen molar-refractivity contribution < 1.29 is 31.1 Å². The van der Waals surface area contributed by atoms with Crippen LogP contribution in [0.2, 0.25) is 0 Å². The van der Waals surface area contributed by atoms with E-state index in [1.165, 1.54) is 46.9 Å². The summed E-state index contributed by atoms with van der Waals surface area (Å²) in [5, 5.41) is 8.25. The molecular weight excluding hydrogens is 563 g/mol. The SMILES string of the molecule is Cc1nn(C)cc1S(=O)(=O)NC(=O)c1ccc(-n2ccc(OCC(C)(C)C(F)(F)F)n2)nc1N1C[C@H](C)CC1(C)C. The first-order chi connectivity index (χ1) is 18.8. The molecule has 1 aliphatic heterocycles. The van der Waals surface area contributed by atoms with E-state index in [1.807, 2.05) is 18.7 Å². The fraction of sp³-hybridized carbons (Fsp3) is 0.538. The van der Waals surface area contributed by atoms with Crippen molar-refractivity contribution in [2.24, 2.45) is 18.4 Å². The van der Waals surface area contributed by atoms with Crippen molar-refractivity contribution in [2.45, 2.75) is 64.6 Å². The maximum atomic E-state index is 13.4. The third-order valence-electron chi connectivity index (χ3n) is 7.07. The van der Waals surface area contributed by atoms with Gasteiger partial charge < -0.3 is 9.64 Å². The second-order valence-electron chi connectivity index (χ2n) is 11.7. The number of nitrogens with one attached hydrogen (secondary N) is 1. The van der Waals surface area contributed by atoms with Crippen LogP contribution >= 0.6 is 0 Å². The van der Waals surface area contributed by atoms with E-state index in [0.717, 1.165) is 20.3 Å². The van der Waals surface area contributed by atoms with Gasteiger partial charge in [0.2, 0.25) is 5.88 Å². The van der Waals surface area contributed by atoms with Gasteiger partial charge in [-0.25, -0.2) is 22.8 Å². The lowest BCUT2D eigenvalue weighted by Gasteiger charge is -2.34. The highest BCUT2D eigenvalue weighted by atomic mass is 32.2. The van der Waals surface area contributed by atoms with Crippen molar-refractivity contribution in [3.63, 3.8) is 0 Å². The number of aryl methyl sites for hydroxylation is 2. The third-order valence-corrected chi connectivity index (χ3v) is 8.50. The lowest BCUT2D eigenvalue weighted by atomic mass is 9.94. The van der Waals surface area contributed by atoms with Gasteiger partial charge in [0.1, 0.15) is 17.3 Å². The first-order valence-electron chi connectivity index (χ1n) is 12.9. The third kappa shape index (κ3) is 6.19. The van der Waals surface area contributed by atoms with Gasteiger partial charge in [0.25, 0.3) is 15.9 Å². The van der Waals surface area contributed by atoms with Gasteiger partial charge in [0.15, 0.2) is 5.82 Å². The van der Waals surface area contributed by atoms with E-state index in [1.54, 1.807) is 7.05 Å². The van der Waals surface area contributed by atoms with Crippen LogP contribution in [0.25, 0.3) is 5.82 Å². The predicted molar refractivity (Wildman–Crippen MR) is 144 cm³/mol. The number of amides is 1. The van der Waals surface area contributed by atoms with Crippen LogP contribution in [0.4, 0.5) is 19.0 Å². The van der Waals surface area contributed by atoms with Gasteiger partial charge in [-0.05, 0) is 59.1 Å². The Morgan fingerprint density at radius 1 is 1.20 bits per heavy atom. The molecule has 0 bridgehead atoms. The molecule has 0 radical (unpaired) electrons. The van der Waals surface area contributed by atoms with E-state index in [4.69, 9.17) is 4.74 Å². The zero-order valence-corrected chi connectivity index (χ0v) is 24.8. The number of hydrogen-bond acceptors (Lipinski definition) is 8. The molecule has 1 atom stereocenters. The predicted octanol–water partition coefficient (Wildman–Crippen LogP) is 4.02. The molecule has 3 aromatic heterocycles. The van der Waals surface area contributed by atoms with Crippen LogP contribution in [0.1, 0.15) is 57.1 Å². The van der Waals surface area contributed by atoms with Crippen molar-refractivity contribution in [2.75, 3.05) is 18.1 Å². The molecule has 1 amide bonds. The zero-order chi connectivity index (χ0) is 30.5. The molecule has 1 saturated heterocycles. The minimum Gasteiger partial charge on any atom is -0.476 e. The van der Waals surface area contributed by atoms with Gasteiger partial charge in [-0.1, -0.05) is 6.92 Å². The summed E-state index contributed by atoms with van der Waals surface area (Å²) >= 11 is 0. The van der Waals surface area contributed by atoms with Crippen LogP contribution < -0.4 is 14.4 Å². The first-order valence-corrected chi connectivity index (χ1v) is 14.4. The van der Waals surface area contributed by atoms with Crippen LogP contribution in [-0.2, 0) is 17.1 Å². The van der Waals surface area contributed by atoms with E-state index >= 15 is 0 Å². The fourth-order valence-corrected chi connectivity index (χ4v) is 6.02. The molecule has 1 aliphatic rings. The number of nitrogens with zero attached hydrogens (tertiary/aromatic N) is 6. The van der Waals surface area contributed by atoms with Gasteiger partial charge >= 0.3 is 6.18 Å². The second-order valence-corrected chi connectivity index (χ2v) is 13.4. The van der Waals surface area contributed by atoms with Crippen LogP contribution in [0.15, 0.2) is 35.5 Å². The van der Waals surface area contributed by atoms with Crippen LogP contribution in [0, 0.1) is 18.3 Å². The van der Waals surface area contributed by atoms with Gasteiger partial charge in [-0.3, -0.25) is 9.48 Å².